The fourth-order valence-corrected chi connectivity index (χ4v) is 2.41. The van der Waals surface area contributed by atoms with Crippen LogP contribution in [0.5, 0.6) is 11.5 Å². The van der Waals surface area contributed by atoms with Gasteiger partial charge in [-0.25, -0.2) is 9.48 Å². The van der Waals surface area contributed by atoms with Gasteiger partial charge in [-0.05, 0) is 44.5 Å². The van der Waals surface area contributed by atoms with Crippen molar-refractivity contribution >= 4 is 23.8 Å². The number of methoxy groups -OCH3 is 2. The maximum absolute atomic E-state index is 12.3. The van der Waals surface area contributed by atoms with E-state index in [0.717, 1.165) is 0 Å². The van der Waals surface area contributed by atoms with Crippen LogP contribution in [-0.4, -0.2) is 42.0 Å². The van der Waals surface area contributed by atoms with E-state index in [1.54, 1.807) is 55.4 Å². The van der Waals surface area contributed by atoms with Gasteiger partial charge in [0.2, 0.25) is 0 Å². The van der Waals surface area contributed by atoms with Crippen LogP contribution in [0.3, 0.4) is 0 Å². The summed E-state index contributed by atoms with van der Waals surface area (Å²) in [4.78, 5) is 24.3. The number of ether oxygens (including phenoxy) is 3. The standard InChI is InChI=1S/C20H25N3O5/c1-13(2)23-18(8-9-21-23)22-20(25)14(3)28-19(24)7-6-15-10-16(26-4)12-17(11-15)27-5/h6-14H,1-5H3,(H,22,25)/b7-6+/t14-/m1/s1. The Bertz CT molecular complexity index is 835. The maximum Gasteiger partial charge on any atom is 0.331 e. The molecule has 150 valence electrons. The fourth-order valence-electron chi connectivity index (χ4n) is 2.41. The number of rotatable bonds is 8. The van der Waals surface area contributed by atoms with Gasteiger partial charge < -0.3 is 19.5 Å². The van der Waals surface area contributed by atoms with Gasteiger partial charge in [-0.3, -0.25) is 4.79 Å². The molecule has 0 saturated heterocycles. The topological polar surface area (TPSA) is 91.7 Å². The summed E-state index contributed by atoms with van der Waals surface area (Å²) in [5.74, 6) is 0.666. The summed E-state index contributed by atoms with van der Waals surface area (Å²) >= 11 is 0. The minimum Gasteiger partial charge on any atom is -0.497 e. The van der Waals surface area contributed by atoms with E-state index in [-0.39, 0.29) is 6.04 Å². The molecule has 1 amide bonds. The normalized spacial score (nSPS) is 12.1. The molecule has 0 aliphatic heterocycles. The van der Waals surface area contributed by atoms with Crippen LogP contribution in [0, 0.1) is 0 Å². The molecule has 8 nitrogen and oxygen atoms in total. The van der Waals surface area contributed by atoms with E-state index in [1.165, 1.54) is 13.0 Å². The zero-order chi connectivity index (χ0) is 20.7. The molecule has 0 spiro atoms. The van der Waals surface area contributed by atoms with Crippen LogP contribution in [0.2, 0.25) is 0 Å². The molecule has 1 heterocycles. The zero-order valence-corrected chi connectivity index (χ0v) is 16.6. The Morgan fingerprint density at radius 3 is 2.32 bits per heavy atom. The van der Waals surface area contributed by atoms with Gasteiger partial charge in [0.05, 0.1) is 20.4 Å². The van der Waals surface area contributed by atoms with E-state index in [0.29, 0.717) is 22.9 Å². The van der Waals surface area contributed by atoms with Crippen molar-refractivity contribution in [1.29, 1.82) is 0 Å². The van der Waals surface area contributed by atoms with Gasteiger partial charge in [-0.2, -0.15) is 5.10 Å². The van der Waals surface area contributed by atoms with Gasteiger partial charge in [0.1, 0.15) is 17.3 Å². The van der Waals surface area contributed by atoms with Crippen molar-refractivity contribution in [1.82, 2.24) is 9.78 Å². The zero-order valence-electron chi connectivity index (χ0n) is 16.6. The number of hydrogen-bond donors (Lipinski definition) is 1. The van der Waals surface area contributed by atoms with Crippen LogP contribution in [0.1, 0.15) is 32.4 Å². The molecule has 2 rings (SSSR count). The molecule has 0 fully saturated rings. The molecule has 1 N–H and O–H groups in total. The molecule has 8 heteroatoms. The summed E-state index contributed by atoms with van der Waals surface area (Å²) in [6.07, 6.45) is 3.44. The molecule has 0 unspecified atom stereocenters. The lowest BCUT2D eigenvalue weighted by Gasteiger charge is -2.15. The van der Waals surface area contributed by atoms with Crippen molar-refractivity contribution in [3.8, 4) is 11.5 Å². The van der Waals surface area contributed by atoms with Crippen molar-refractivity contribution in [3.05, 3.63) is 42.1 Å². The monoisotopic (exact) mass is 387 g/mol. The number of nitrogens with one attached hydrogen (secondary N) is 1. The highest BCUT2D eigenvalue weighted by atomic mass is 16.5. The Balaban J connectivity index is 1.97. The third kappa shape index (κ3) is 5.60. The summed E-state index contributed by atoms with van der Waals surface area (Å²) in [6, 6.07) is 6.99. The van der Waals surface area contributed by atoms with E-state index in [4.69, 9.17) is 14.2 Å². The molecular weight excluding hydrogens is 362 g/mol. The van der Waals surface area contributed by atoms with E-state index in [2.05, 4.69) is 10.4 Å². The Morgan fingerprint density at radius 2 is 1.75 bits per heavy atom. The van der Waals surface area contributed by atoms with Crippen LogP contribution >= 0.6 is 0 Å². The van der Waals surface area contributed by atoms with Crippen molar-refractivity contribution in [2.45, 2.75) is 32.9 Å². The third-order valence-corrected chi connectivity index (χ3v) is 3.86. The second kappa shape index (κ2) is 9.59. The lowest BCUT2D eigenvalue weighted by molar-refractivity contribution is -0.148. The molecule has 0 bridgehead atoms. The fraction of sp³-hybridized carbons (Fsp3) is 0.350. The van der Waals surface area contributed by atoms with Gasteiger partial charge in [0.15, 0.2) is 6.10 Å². The van der Waals surface area contributed by atoms with Crippen molar-refractivity contribution in [3.63, 3.8) is 0 Å². The minimum atomic E-state index is -0.965. The van der Waals surface area contributed by atoms with Crippen molar-refractivity contribution < 1.29 is 23.8 Å². The molecule has 1 atom stereocenters. The number of nitrogens with zero attached hydrogens (tertiary/aromatic N) is 2. The number of hydrogen-bond acceptors (Lipinski definition) is 6. The number of amides is 1. The van der Waals surface area contributed by atoms with Gasteiger partial charge in [-0.1, -0.05) is 0 Å². The van der Waals surface area contributed by atoms with E-state index in [1.807, 2.05) is 13.8 Å². The number of anilines is 1. The van der Waals surface area contributed by atoms with Crippen LogP contribution < -0.4 is 14.8 Å². The average molecular weight is 387 g/mol. The highest BCUT2D eigenvalue weighted by molar-refractivity contribution is 5.96. The molecule has 0 aliphatic carbocycles. The minimum absolute atomic E-state index is 0.0888. The highest BCUT2D eigenvalue weighted by Crippen LogP contribution is 2.23. The first-order chi connectivity index (χ1) is 13.3. The molecule has 0 saturated carbocycles. The number of benzene rings is 1. The predicted molar refractivity (Wildman–Crippen MR) is 105 cm³/mol. The quantitative estimate of drug-likeness (QED) is 0.553. The van der Waals surface area contributed by atoms with Crippen molar-refractivity contribution in [2.24, 2.45) is 0 Å². The highest BCUT2D eigenvalue weighted by Gasteiger charge is 2.18. The SMILES string of the molecule is COc1cc(/C=C/C(=O)O[C@H](C)C(=O)Nc2ccnn2C(C)C)cc(OC)c1. The number of aromatic nitrogens is 2. The Hall–Kier alpha value is -3.29. The third-order valence-electron chi connectivity index (χ3n) is 3.86. The van der Waals surface area contributed by atoms with Gasteiger partial charge >= 0.3 is 5.97 Å². The van der Waals surface area contributed by atoms with Crippen LogP contribution in [0.4, 0.5) is 5.82 Å². The Kier molecular flexibility index (Phi) is 7.20. The van der Waals surface area contributed by atoms with Gasteiger partial charge in [0, 0.05) is 24.3 Å². The smallest absolute Gasteiger partial charge is 0.331 e. The summed E-state index contributed by atoms with van der Waals surface area (Å²) in [7, 11) is 3.09. The molecule has 0 radical (unpaired) electrons. The summed E-state index contributed by atoms with van der Waals surface area (Å²) < 4.78 is 17.2. The first kappa shape index (κ1) is 21.0. The second-order valence-corrected chi connectivity index (χ2v) is 6.30. The summed E-state index contributed by atoms with van der Waals surface area (Å²) in [5.41, 5.74) is 0.700. The molecule has 28 heavy (non-hydrogen) atoms. The lowest BCUT2D eigenvalue weighted by atomic mass is 10.2. The van der Waals surface area contributed by atoms with E-state index >= 15 is 0 Å². The van der Waals surface area contributed by atoms with Crippen LogP contribution in [-0.2, 0) is 14.3 Å². The van der Waals surface area contributed by atoms with Crippen molar-refractivity contribution in [2.75, 3.05) is 19.5 Å². The maximum atomic E-state index is 12.3. The number of esters is 1. The summed E-state index contributed by atoms with van der Waals surface area (Å²) in [6.45, 7) is 5.40. The van der Waals surface area contributed by atoms with Crippen LogP contribution in [0.25, 0.3) is 6.08 Å². The molecule has 2 aromatic rings. The average Bonchev–Trinajstić information content (AvgIpc) is 3.14. The molecule has 1 aromatic heterocycles. The van der Waals surface area contributed by atoms with E-state index < -0.39 is 18.0 Å². The van der Waals surface area contributed by atoms with Gasteiger partial charge in [0.25, 0.3) is 5.91 Å². The number of carbonyl (C=O) groups excluding carboxylic acids is 2. The number of carbonyl (C=O) groups is 2. The first-order valence-corrected chi connectivity index (χ1v) is 8.80. The molecule has 0 aliphatic rings. The Labute approximate surface area is 164 Å². The largest absolute Gasteiger partial charge is 0.497 e. The Morgan fingerprint density at radius 1 is 1.11 bits per heavy atom. The summed E-state index contributed by atoms with van der Waals surface area (Å²) in [5, 5.41) is 6.85. The van der Waals surface area contributed by atoms with Crippen LogP contribution in [0.15, 0.2) is 36.5 Å². The first-order valence-electron chi connectivity index (χ1n) is 8.80. The lowest BCUT2D eigenvalue weighted by Crippen LogP contribution is -2.30. The second-order valence-electron chi connectivity index (χ2n) is 6.30. The predicted octanol–water partition coefficient (Wildman–Crippen LogP) is 3.06. The molecule has 1 aromatic carbocycles. The van der Waals surface area contributed by atoms with E-state index in [9.17, 15) is 9.59 Å². The van der Waals surface area contributed by atoms with Gasteiger partial charge in [-0.15, -0.1) is 0 Å². The molecular formula is C20H25N3O5.